The second-order valence-corrected chi connectivity index (χ2v) is 6.98. The van der Waals surface area contributed by atoms with Crippen LogP contribution in [-0.4, -0.2) is 23.4 Å². The third-order valence-electron chi connectivity index (χ3n) is 5.07. The maximum Gasteiger partial charge on any atom is 0.0811 e. The molecule has 0 aromatic rings. The van der Waals surface area contributed by atoms with Gasteiger partial charge in [0.25, 0.3) is 0 Å². The van der Waals surface area contributed by atoms with Crippen molar-refractivity contribution in [2.24, 2.45) is 10.8 Å². The lowest BCUT2D eigenvalue weighted by Crippen LogP contribution is -2.58. The molecule has 0 bridgehead atoms. The van der Waals surface area contributed by atoms with Gasteiger partial charge in [0.2, 0.25) is 0 Å². The van der Waals surface area contributed by atoms with Crippen molar-refractivity contribution in [1.29, 1.82) is 0 Å². The average molecular weight is 226 g/mol. The molecule has 0 amide bonds. The number of epoxide rings is 1. The standard InChI is InChI=1S/C14H26O2/c1-12(2)7-5-8-13(3,4)14(12,15)9-6-11-10-16-11/h11,15H,5-10H2,1-4H3. The molecule has 1 aliphatic carbocycles. The Kier molecular flexibility index (Phi) is 2.87. The molecule has 1 saturated carbocycles. The van der Waals surface area contributed by atoms with Crippen LogP contribution in [0.3, 0.4) is 0 Å². The average Bonchev–Trinajstić information content (AvgIpc) is 2.94. The zero-order chi connectivity index (χ0) is 12.0. The number of hydrogen-bond donors (Lipinski definition) is 1. The molecule has 2 nitrogen and oxygen atoms in total. The molecule has 1 N–H and O–H groups in total. The predicted octanol–water partition coefficient (Wildman–Crippen LogP) is 3.13. The van der Waals surface area contributed by atoms with Crippen LogP contribution in [0.2, 0.25) is 0 Å². The van der Waals surface area contributed by atoms with Crippen molar-refractivity contribution >= 4 is 0 Å². The molecule has 1 saturated heterocycles. The van der Waals surface area contributed by atoms with Crippen molar-refractivity contribution in [2.75, 3.05) is 6.61 Å². The van der Waals surface area contributed by atoms with Crippen molar-refractivity contribution in [1.82, 2.24) is 0 Å². The number of aliphatic hydroxyl groups is 1. The van der Waals surface area contributed by atoms with Gasteiger partial charge in [0.05, 0.1) is 18.3 Å². The van der Waals surface area contributed by atoms with E-state index in [0.29, 0.717) is 6.10 Å². The van der Waals surface area contributed by atoms with Crippen LogP contribution in [0.15, 0.2) is 0 Å². The first kappa shape index (κ1) is 12.4. The first-order chi connectivity index (χ1) is 7.29. The van der Waals surface area contributed by atoms with Gasteiger partial charge in [0, 0.05) is 0 Å². The summed E-state index contributed by atoms with van der Waals surface area (Å²) in [6.07, 6.45) is 5.85. The largest absolute Gasteiger partial charge is 0.389 e. The normalized spacial score (nSPS) is 34.7. The van der Waals surface area contributed by atoms with Gasteiger partial charge in [0.15, 0.2) is 0 Å². The lowest BCUT2D eigenvalue weighted by atomic mass is 9.52. The Balaban J connectivity index is 2.14. The third-order valence-corrected chi connectivity index (χ3v) is 5.07. The monoisotopic (exact) mass is 226 g/mol. The Morgan fingerprint density at radius 3 is 2.06 bits per heavy atom. The van der Waals surface area contributed by atoms with Crippen LogP contribution in [0.1, 0.15) is 59.8 Å². The molecule has 0 radical (unpaired) electrons. The van der Waals surface area contributed by atoms with E-state index >= 15 is 0 Å². The fourth-order valence-electron chi connectivity index (χ4n) is 3.58. The van der Waals surface area contributed by atoms with Gasteiger partial charge in [-0.15, -0.1) is 0 Å². The molecule has 16 heavy (non-hydrogen) atoms. The van der Waals surface area contributed by atoms with Crippen LogP contribution in [0.25, 0.3) is 0 Å². The van der Waals surface area contributed by atoms with Crippen molar-refractivity contribution in [3.8, 4) is 0 Å². The molecule has 0 spiro atoms. The van der Waals surface area contributed by atoms with Gasteiger partial charge in [-0.2, -0.15) is 0 Å². The van der Waals surface area contributed by atoms with Crippen molar-refractivity contribution < 1.29 is 9.84 Å². The van der Waals surface area contributed by atoms with Crippen LogP contribution in [0.4, 0.5) is 0 Å². The molecule has 1 unspecified atom stereocenters. The van der Waals surface area contributed by atoms with E-state index in [1.54, 1.807) is 0 Å². The Morgan fingerprint density at radius 2 is 1.62 bits per heavy atom. The third kappa shape index (κ3) is 1.91. The lowest BCUT2D eigenvalue weighted by Gasteiger charge is -2.56. The van der Waals surface area contributed by atoms with Crippen LogP contribution in [-0.2, 0) is 4.74 Å². The molecule has 2 aliphatic rings. The maximum atomic E-state index is 11.1. The van der Waals surface area contributed by atoms with Gasteiger partial charge in [-0.1, -0.05) is 34.1 Å². The quantitative estimate of drug-likeness (QED) is 0.750. The van der Waals surface area contributed by atoms with Gasteiger partial charge in [-0.3, -0.25) is 0 Å². The molecule has 2 fully saturated rings. The zero-order valence-corrected chi connectivity index (χ0v) is 11.2. The zero-order valence-electron chi connectivity index (χ0n) is 11.2. The van der Waals surface area contributed by atoms with E-state index in [-0.39, 0.29) is 10.8 Å². The predicted molar refractivity (Wildman–Crippen MR) is 65.3 cm³/mol. The summed E-state index contributed by atoms with van der Waals surface area (Å²) in [6, 6.07) is 0. The van der Waals surface area contributed by atoms with Gasteiger partial charge in [0.1, 0.15) is 0 Å². The Morgan fingerprint density at radius 1 is 1.12 bits per heavy atom. The van der Waals surface area contributed by atoms with E-state index in [1.165, 1.54) is 6.42 Å². The van der Waals surface area contributed by atoms with E-state index < -0.39 is 5.60 Å². The topological polar surface area (TPSA) is 32.8 Å². The van der Waals surface area contributed by atoms with Crippen LogP contribution < -0.4 is 0 Å². The Labute approximate surface area is 99.4 Å². The molecule has 0 aromatic carbocycles. The second kappa shape index (κ2) is 3.71. The number of ether oxygens (including phenoxy) is 1. The minimum Gasteiger partial charge on any atom is -0.389 e. The second-order valence-electron chi connectivity index (χ2n) is 6.98. The molecule has 1 aliphatic heterocycles. The molecule has 94 valence electrons. The molecule has 1 atom stereocenters. The highest BCUT2D eigenvalue weighted by Gasteiger charge is 2.55. The highest BCUT2D eigenvalue weighted by molar-refractivity contribution is 5.06. The van der Waals surface area contributed by atoms with Gasteiger partial charge in [-0.05, 0) is 36.5 Å². The van der Waals surface area contributed by atoms with Gasteiger partial charge in [-0.25, -0.2) is 0 Å². The summed E-state index contributed by atoms with van der Waals surface area (Å²) < 4.78 is 5.27. The smallest absolute Gasteiger partial charge is 0.0811 e. The summed E-state index contributed by atoms with van der Waals surface area (Å²) in [5.74, 6) is 0. The maximum absolute atomic E-state index is 11.1. The Hall–Kier alpha value is -0.0800. The van der Waals surface area contributed by atoms with E-state index in [9.17, 15) is 5.11 Å². The molecular formula is C14H26O2. The first-order valence-corrected chi connectivity index (χ1v) is 6.63. The summed E-state index contributed by atoms with van der Waals surface area (Å²) >= 11 is 0. The van der Waals surface area contributed by atoms with Crippen molar-refractivity contribution in [2.45, 2.75) is 71.5 Å². The highest BCUT2D eigenvalue weighted by atomic mass is 16.6. The summed E-state index contributed by atoms with van der Waals surface area (Å²) in [5.41, 5.74) is -0.475. The van der Waals surface area contributed by atoms with Crippen LogP contribution in [0.5, 0.6) is 0 Å². The molecule has 2 rings (SSSR count). The molecular weight excluding hydrogens is 200 g/mol. The highest BCUT2D eigenvalue weighted by Crippen LogP contribution is 2.56. The SMILES string of the molecule is CC1(C)CCCC(C)(C)C1(O)CCC1CO1. The summed E-state index contributed by atoms with van der Waals surface area (Å²) in [4.78, 5) is 0. The molecule has 0 aromatic heterocycles. The van der Waals surface area contributed by atoms with E-state index in [2.05, 4.69) is 27.7 Å². The first-order valence-electron chi connectivity index (χ1n) is 6.63. The number of hydrogen-bond acceptors (Lipinski definition) is 2. The van der Waals surface area contributed by atoms with Gasteiger partial charge >= 0.3 is 0 Å². The van der Waals surface area contributed by atoms with E-state index in [4.69, 9.17) is 4.74 Å². The minimum atomic E-state index is -0.537. The Bertz CT molecular complexity index is 248. The van der Waals surface area contributed by atoms with Crippen molar-refractivity contribution in [3.05, 3.63) is 0 Å². The fourth-order valence-corrected chi connectivity index (χ4v) is 3.58. The minimum absolute atomic E-state index is 0.0314. The van der Waals surface area contributed by atoms with Crippen molar-refractivity contribution in [3.63, 3.8) is 0 Å². The summed E-state index contributed by atoms with van der Waals surface area (Å²) in [6.45, 7) is 9.80. The van der Waals surface area contributed by atoms with Gasteiger partial charge < -0.3 is 9.84 Å². The van der Waals surface area contributed by atoms with Crippen LogP contribution >= 0.6 is 0 Å². The molecule has 2 heteroatoms. The van der Waals surface area contributed by atoms with E-state index in [1.807, 2.05) is 0 Å². The number of rotatable bonds is 3. The lowest BCUT2D eigenvalue weighted by molar-refractivity contribution is -0.182. The summed E-state index contributed by atoms with van der Waals surface area (Å²) in [5, 5.41) is 11.1. The van der Waals surface area contributed by atoms with E-state index in [0.717, 1.165) is 32.3 Å². The van der Waals surface area contributed by atoms with Crippen LogP contribution in [0, 0.1) is 10.8 Å². The molecule has 1 heterocycles. The fraction of sp³-hybridized carbons (Fsp3) is 1.00. The summed E-state index contributed by atoms with van der Waals surface area (Å²) in [7, 11) is 0.